The number of nitrogens with one attached hydrogen (secondary N) is 1. The summed E-state index contributed by atoms with van der Waals surface area (Å²) in [6.45, 7) is 0.556. The van der Waals surface area contributed by atoms with Crippen LogP contribution < -0.4 is 5.32 Å². The lowest BCUT2D eigenvalue weighted by Crippen LogP contribution is -2.34. The summed E-state index contributed by atoms with van der Waals surface area (Å²) in [5.74, 6) is -0.140. The zero-order valence-corrected chi connectivity index (χ0v) is 14.0. The molecule has 3 aromatic rings. The summed E-state index contributed by atoms with van der Waals surface area (Å²) in [4.78, 5) is 20.2. The maximum absolute atomic E-state index is 12.4. The third kappa shape index (κ3) is 3.57. The predicted octanol–water partition coefficient (Wildman–Crippen LogP) is 3.33. The fraction of sp³-hybridized carbons (Fsp3) is 0.222. The Morgan fingerprint density at radius 1 is 1.17 bits per heavy atom. The highest BCUT2D eigenvalue weighted by Gasteiger charge is 2.17. The van der Waals surface area contributed by atoms with Gasteiger partial charge in [0.1, 0.15) is 5.69 Å². The number of likely N-dealkylation sites (N-methyl/N-ethyl adjacent to an activating group) is 1. The molecule has 0 saturated heterocycles. The zero-order valence-electron chi connectivity index (χ0n) is 13.2. The van der Waals surface area contributed by atoms with Gasteiger partial charge in [-0.15, -0.1) is 11.3 Å². The molecule has 0 aliphatic rings. The monoisotopic (exact) mass is 325 g/mol. The van der Waals surface area contributed by atoms with Crippen LogP contribution in [0.4, 0.5) is 0 Å². The number of thiophene rings is 1. The third-order valence-corrected chi connectivity index (χ3v) is 4.76. The summed E-state index contributed by atoms with van der Waals surface area (Å²) >= 11 is 1.70. The zero-order chi connectivity index (χ0) is 16.2. The molecular formula is C18H19N3OS. The van der Waals surface area contributed by atoms with Gasteiger partial charge in [0.25, 0.3) is 5.91 Å². The second-order valence-electron chi connectivity index (χ2n) is 5.59. The van der Waals surface area contributed by atoms with E-state index in [1.54, 1.807) is 17.4 Å². The molecule has 0 unspecified atom stereocenters. The van der Waals surface area contributed by atoms with Crippen molar-refractivity contribution in [3.05, 3.63) is 64.5 Å². The molecule has 2 heterocycles. The van der Waals surface area contributed by atoms with Crippen molar-refractivity contribution >= 4 is 28.1 Å². The van der Waals surface area contributed by atoms with Gasteiger partial charge in [-0.1, -0.05) is 30.3 Å². The number of hydrogen-bond acceptors (Lipinski definition) is 4. The molecule has 23 heavy (non-hydrogen) atoms. The molecule has 0 spiro atoms. The first-order chi connectivity index (χ1) is 11.1. The van der Waals surface area contributed by atoms with Gasteiger partial charge in [-0.3, -0.25) is 4.79 Å². The number of nitrogens with zero attached hydrogens (tertiary/aromatic N) is 2. The van der Waals surface area contributed by atoms with Gasteiger partial charge in [-0.2, -0.15) is 0 Å². The minimum absolute atomic E-state index is 0.140. The Balaban J connectivity index is 1.72. The lowest BCUT2D eigenvalue weighted by Gasteiger charge is -2.23. The second-order valence-corrected chi connectivity index (χ2v) is 6.57. The highest BCUT2D eigenvalue weighted by molar-refractivity contribution is 7.10. The van der Waals surface area contributed by atoms with E-state index in [2.05, 4.69) is 26.6 Å². The highest BCUT2D eigenvalue weighted by Crippen LogP contribution is 2.22. The molecule has 2 aromatic heterocycles. The molecule has 3 rings (SSSR count). The Labute approximate surface area is 139 Å². The van der Waals surface area contributed by atoms with E-state index in [9.17, 15) is 4.79 Å². The van der Waals surface area contributed by atoms with Gasteiger partial charge >= 0.3 is 0 Å². The fourth-order valence-corrected chi connectivity index (χ4v) is 3.41. The first-order valence-corrected chi connectivity index (χ1v) is 8.37. The van der Waals surface area contributed by atoms with E-state index in [-0.39, 0.29) is 11.9 Å². The summed E-state index contributed by atoms with van der Waals surface area (Å²) in [5.41, 5.74) is 1.29. The first kappa shape index (κ1) is 15.6. The smallest absolute Gasteiger partial charge is 0.269 e. The van der Waals surface area contributed by atoms with Crippen LogP contribution in [-0.4, -0.2) is 36.4 Å². The molecule has 0 radical (unpaired) electrons. The van der Waals surface area contributed by atoms with E-state index in [4.69, 9.17) is 0 Å². The molecule has 1 aromatic carbocycles. The van der Waals surface area contributed by atoms with Crippen LogP contribution in [0.25, 0.3) is 10.9 Å². The van der Waals surface area contributed by atoms with Crippen LogP contribution >= 0.6 is 11.3 Å². The van der Waals surface area contributed by atoms with Crippen LogP contribution in [0.5, 0.6) is 0 Å². The van der Waals surface area contributed by atoms with Gasteiger partial charge in [0.05, 0.1) is 11.6 Å². The van der Waals surface area contributed by atoms with E-state index < -0.39 is 0 Å². The van der Waals surface area contributed by atoms with Crippen molar-refractivity contribution in [2.75, 3.05) is 20.6 Å². The summed E-state index contributed by atoms with van der Waals surface area (Å²) in [6.07, 6.45) is 0. The first-order valence-electron chi connectivity index (χ1n) is 7.49. The number of rotatable bonds is 5. The predicted molar refractivity (Wildman–Crippen MR) is 94.8 cm³/mol. The van der Waals surface area contributed by atoms with Crippen LogP contribution in [0.1, 0.15) is 21.4 Å². The molecule has 0 fully saturated rings. The Bertz CT molecular complexity index is 799. The van der Waals surface area contributed by atoms with Crippen molar-refractivity contribution in [3.8, 4) is 0 Å². The van der Waals surface area contributed by atoms with Crippen molar-refractivity contribution in [1.29, 1.82) is 0 Å². The SMILES string of the molecule is CN(C)[C@@H](CNC(=O)c1ccc2ccccc2n1)c1cccs1. The lowest BCUT2D eigenvalue weighted by molar-refractivity contribution is 0.0937. The number of fused-ring (bicyclic) bond motifs is 1. The molecule has 0 aliphatic carbocycles. The van der Waals surface area contributed by atoms with E-state index >= 15 is 0 Å². The summed E-state index contributed by atoms with van der Waals surface area (Å²) in [5, 5.41) is 6.09. The van der Waals surface area contributed by atoms with Crippen molar-refractivity contribution in [3.63, 3.8) is 0 Å². The molecule has 118 valence electrons. The van der Waals surface area contributed by atoms with Crippen molar-refractivity contribution in [1.82, 2.24) is 15.2 Å². The maximum atomic E-state index is 12.4. The number of benzene rings is 1. The van der Waals surface area contributed by atoms with Gasteiger partial charge < -0.3 is 10.2 Å². The van der Waals surface area contributed by atoms with Crippen LogP contribution in [-0.2, 0) is 0 Å². The highest BCUT2D eigenvalue weighted by atomic mass is 32.1. The molecule has 4 nitrogen and oxygen atoms in total. The minimum Gasteiger partial charge on any atom is -0.349 e. The molecule has 0 saturated carbocycles. The maximum Gasteiger partial charge on any atom is 0.269 e. The van der Waals surface area contributed by atoms with Gasteiger partial charge in [0.2, 0.25) is 0 Å². The van der Waals surface area contributed by atoms with E-state index in [0.717, 1.165) is 10.9 Å². The van der Waals surface area contributed by atoms with Gasteiger partial charge in [-0.05, 0) is 37.7 Å². The largest absolute Gasteiger partial charge is 0.349 e. The average Bonchev–Trinajstić information content (AvgIpc) is 3.08. The number of aromatic nitrogens is 1. The molecule has 1 N–H and O–H groups in total. The minimum atomic E-state index is -0.140. The van der Waals surface area contributed by atoms with E-state index in [1.807, 2.05) is 50.5 Å². The molecule has 1 amide bonds. The Morgan fingerprint density at radius 3 is 2.74 bits per heavy atom. The standard InChI is InChI=1S/C18H19N3OS/c1-21(2)16(17-8-5-11-23-17)12-19-18(22)15-10-9-13-6-3-4-7-14(13)20-15/h3-11,16H,12H2,1-2H3,(H,19,22)/t16-/m0/s1. The third-order valence-electron chi connectivity index (χ3n) is 3.78. The van der Waals surface area contributed by atoms with Gasteiger partial charge in [0.15, 0.2) is 0 Å². The van der Waals surface area contributed by atoms with Crippen molar-refractivity contribution < 1.29 is 4.79 Å². The van der Waals surface area contributed by atoms with Gasteiger partial charge in [0, 0.05) is 16.8 Å². The summed E-state index contributed by atoms with van der Waals surface area (Å²) in [7, 11) is 4.04. The van der Waals surface area contributed by atoms with Gasteiger partial charge in [-0.25, -0.2) is 4.98 Å². The average molecular weight is 325 g/mol. The Kier molecular flexibility index (Phi) is 4.69. The normalized spacial score (nSPS) is 12.5. The number of hydrogen-bond donors (Lipinski definition) is 1. The number of para-hydroxylation sites is 1. The Morgan fingerprint density at radius 2 is 2.00 bits per heavy atom. The van der Waals surface area contributed by atoms with Crippen LogP contribution in [0.2, 0.25) is 0 Å². The van der Waals surface area contributed by atoms with Crippen molar-refractivity contribution in [2.45, 2.75) is 6.04 Å². The van der Waals surface area contributed by atoms with Crippen LogP contribution in [0.3, 0.4) is 0 Å². The number of carbonyl (C=O) groups excluding carboxylic acids is 1. The summed E-state index contributed by atoms with van der Waals surface area (Å²) in [6, 6.07) is 15.8. The second kappa shape index (κ2) is 6.89. The number of pyridine rings is 1. The Hall–Kier alpha value is -2.24. The fourth-order valence-electron chi connectivity index (χ4n) is 2.49. The number of amides is 1. The molecule has 5 heteroatoms. The topological polar surface area (TPSA) is 45.2 Å². The van der Waals surface area contributed by atoms with Crippen LogP contribution in [0, 0.1) is 0 Å². The molecular weight excluding hydrogens is 306 g/mol. The van der Waals surface area contributed by atoms with E-state index in [0.29, 0.717) is 12.2 Å². The molecule has 0 bridgehead atoms. The number of carbonyl (C=O) groups is 1. The quantitative estimate of drug-likeness (QED) is 0.782. The lowest BCUT2D eigenvalue weighted by atomic mass is 10.2. The molecule has 1 atom stereocenters. The van der Waals surface area contributed by atoms with Crippen molar-refractivity contribution in [2.24, 2.45) is 0 Å². The summed E-state index contributed by atoms with van der Waals surface area (Å²) < 4.78 is 0. The van der Waals surface area contributed by atoms with Crippen LogP contribution in [0.15, 0.2) is 53.9 Å². The van der Waals surface area contributed by atoms with E-state index in [1.165, 1.54) is 4.88 Å². The molecule has 0 aliphatic heterocycles.